The molecule has 5 atom stereocenters. The van der Waals surface area contributed by atoms with Gasteiger partial charge >= 0.3 is 0 Å². The highest BCUT2D eigenvalue weighted by molar-refractivity contribution is 7.88. The highest BCUT2D eigenvalue weighted by Crippen LogP contribution is 2.58. The highest BCUT2D eigenvalue weighted by atomic mass is 32.2. The molecule has 8 nitrogen and oxygen atoms in total. The van der Waals surface area contributed by atoms with Crippen LogP contribution in [0.2, 0.25) is 0 Å². The molecule has 158 valence electrons. The normalized spacial score (nSPS) is 30.5. The van der Waals surface area contributed by atoms with Crippen LogP contribution < -0.4 is 10.0 Å². The Morgan fingerprint density at radius 1 is 1.17 bits per heavy atom. The average Bonchev–Trinajstić information content (AvgIpc) is 3.02. The first kappa shape index (κ1) is 20.3. The van der Waals surface area contributed by atoms with Gasteiger partial charge in [-0.25, -0.2) is 8.42 Å². The molecule has 1 amide bonds. The van der Waals surface area contributed by atoms with E-state index in [-0.39, 0.29) is 23.2 Å². The van der Waals surface area contributed by atoms with E-state index in [1.54, 1.807) is 6.07 Å². The number of amides is 1. The van der Waals surface area contributed by atoms with Crippen molar-refractivity contribution in [1.29, 1.82) is 0 Å². The number of nitro groups is 1. The fraction of sp³-hybridized carbons (Fsp3) is 0.650. The first-order chi connectivity index (χ1) is 13.6. The first-order valence-corrected chi connectivity index (χ1v) is 11.8. The van der Waals surface area contributed by atoms with Gasteiger partial charge < -0.3 is 5.32 Å². The number of nitrogens with one attached hydrogen (secondary N) is 2. The lowest BCUT2D eigenvalue weighted by Gasteiger charge is -2.35. The molecule has 4 bridgehead atoms. The van der Waals surface area contributed by atoms with E-state index in [0.29, 0.717) is 17.8 Å². The second kappa shape index (κ2) is 7.05. The van der Waals surface area contributed by atoms with Gasteiger partial charge in [-0.1, -0.05) is 18.2 Å². The Hall–Kier alpha value is -2.00. The number of benzene rings is 1. The van der Waals surface area contributed by atoms with E-state index >= 15 is 0 Å². The summed E-state index contributed by atoms with van der Waals surface area (Å²) in [6.45, 7) is 3.06. The molecule has 2 N–H and O–H groups in total. The maximum absolute atomic E-state index is 12.9. The average molecular weight is 422 g/mol. The monoisotopic (exact) mass is 421 g/mol. The third-order valence-corrected chi connectivity index (χ3v) is 8.38. The summed E-state index contributed by atoms with van der Waals surface area (Å²) in [7, 11) is -3.96. The van der Waals surface area contributed by atoms with Crippen molar-refractivity contribution in [3.8, 4) is 0 Å². The smallest absolute Gasteiger partial charge is 0.273 e. The van der Waals surface area contributed by atoms with Crippen molar-refractivity contribution < 1.29 is 18.1 Å². The lowest BCUT2D eigenvalue weighted by atomic mass is 9.79. The SMILES string of the molecule is CC(C)(NS(=O)(=O)Cc1ccccc1[N+](=O)[O-])C(=O)NC1C2CC3CC(C2)C1C3. The van der Waals surface area contributed by atoms with Crippen LogP contribution in [0.15, 0.2) is 24.3 Å². The number of sulfonamides is 1. The molecule has 0 aromatic heterocycles. The molecule has 1 aromatic rings. The molecule has 5 unspecified atom stereocenters. The molecule has 0 aliphatic heterocycles. The van der Waals surface area contributed by atoms with Crippen molar-refractivity contribution in [2.24, 2.45) is 23.7 Å². The quantitative estimate of drug-likeness (QED) is 0.517. The van der Waals surface area contributed by atoms with Crippen LogP contribution in [0.3, 0.4) is 0 Å². The van der Waals surface area contributed by atoms with Gasteiger partial charge in [0.15, 0.2) is 0 Å². The number of nitrogens with zero attached hydrogens (tertiary/aromatic N) is 1. The van der Waals surface area contributed by atoms with Crippen molar-refractivity contribution in [3.63, 3.8) is 0 Å². The van der Waals surface area contributed by atoms with Crippen molar-refractivity contribution in [2.75, 3.05) is 0 Å². The molecule has 4 aliphatic rings. The van der Waals surface area contributed by atoms with Crippen LogP contribution in [-0.2, 0) is 20.6 Å². The van der Waals surface area contributed by atoms with E-state index in [1.165, 1.54) is 38.5 Å². The van der Waals surface area contributed by atoms with Gasteiger partial charge in [0.05, 0.1) is 10.7 Å². The van der Waals surface area contributed by atoms with Crippen molar-refractivity contribution in [2.45, 2.75) is 56.9 Å². The van der Waals surface area contributed by atoms with Crippen molar-refractivity contribution in [1.82, 2.24) is 10.0 Å². The Morgan fingerprint density at radius 3 is 2.55 bits per heavy atom. The minimum absolute atomic E-state index is 0.0892. The van der Waals surface area contributed by atoms with Gasteiger partial charge in [0, 0.05) is 17.7 Å². The molecule has 29 heavy (non-hydrogen) atoms. The predicted molar refractivity (Wildman–Crippen MR) is 107 cm³/mol. The maximum atomic E-state index is 12.9. The molecule has 0 saturated heterocycles. The Labute approximate surface area is 170 Å². The van der Waals surface area contributed by atoms with Gasteiger partial charge in [-0.05, 0) is 63.2 Å². The molecular formula is C20H27N3O5S. The van der Waals surface area contributed by atoms with Crippen LogP contribution >= 0.6 is 0 Å². The molecule has 1 aromatic carbocycles. The summed E-state index contributed by atoms with van der Waals surface area (Å²) < 4.78 is 27.8. The van der Waals surface area contributed by atoms with E-state index < -0.39 is 26.2 Å². The van der Waals surface area contributed by atoms with Crippen LogP contribution in [0, 0.1) is 33.8 Å². The second-order valence-electron chi connectivity index (χ2n) is 9.36. The molecule has 0 radical (unpaired) electrons. The highest BCUT2D eigenvalue weighted by Gasteiger charge is 2.54. The third kappa shape index (κ3) is 3.90. The zero-order chi connectivity index (χ0) is 21.0. The zero-order valence-electron chi connectivity index (χ0n) is 16.6. The summed E-state index contributed by atoms with van der Waals surface area (Å²) >= 11 is 0. The van der Waals surface area contributed by atoms with Crippen LogP contribution in [0.4, 0.5) is 5.69 Å². The first-order valence-electron chi connectivity index (χ1n) is 10.1. The Morgan fingerprint density at radius 2 is 1.86 bits per heavy atom. The van der Waals surface area contributed by atoms with E-state index in [2.05, 4.69) is 10.0 Å². The van der Waals surface area contributed by atoms with Crippen molar-refractivity contribution >= 4 is 21.6 Å². The lowest BCUT2D eigenvalue weighted by molar-refractivity contribution is -0.385. The molecular weight excluding hydrogens is 394 g/mol. The van der Waals surface area contributed by atoms with Crippen molar-refractivity contribution in [3.05, 3.63) is 39.9 Å². The molecule has 9 heteroatoms. The summed E-state index contributed by atoms with van der Waals surface area (Å²) in [6.07, 6.45) is 4.74. The predicted octanol–water partition coefficient (Wildman–Crippen LogP) is 2.34. The minimum Gasteiger partial charge on any atom is -0.351 e. The fourth-order valence-corrected chi connectivity index (χ4v) is 7.38. The number of carbonyl (C=O) groups is 1. The minimum atomic E-state index is -3.96. The van der Waals surface area contributed by atoms with Gasteiger partial charge in [-0.2, -0.15) is 4.72 Å². The number of rotatable bonds is 7. The summed E-state index contributed by atoms with van der Waals surface area (Å²) in [5.41, 5.74) is -1.51. The Bertz CT molecular complexity index is 941. The number of carbonyl (C=O) groups excluding carboxylic acids is 1. The summed E-state index contributed by atoms with van der Waals surface area (Å²) in [5, 5.41) is 14.3. The molecule has 4 fully saturated rings. The lowest BCUT2D eigenvalue weighted by Crippen LogP contribution is -2.58. The van der Waals surface area contributed by atoms with Crippen LogP contribution in [0.5, 0.6) is 0 Å². The molecule has 4 aliphatic carbocycles. The molecule has 5 rings (SSSR count). The van der Waals surface area contributed by atoms with Gasteiger partial charge in [0.2, 0.25) is 15.9 Å². The van der Waals surface area contributed by atoms with Gasteiger partial charge in [0.1, 0.15) is 5.54 Å². The summed E-state index contributed by atoms with van der Waals surface area (Å²) in [5.74, 6) is 1.61. The number of hydrogen-bond donors (Lipinski definition) is 2. The topological polar surface area (TPSA) is 118 Å². The van der Waals surface area contributed by atoms with Crippen LogP contribution in [0.25, 0.3) is 0 Å². The molecule has 0 heterocycles. The van der Waals surface area contributed by atoms with Gasteiger partial charge in [0.25, 0.3) is 5.69 Å². The summed E-state index contributed by atoms with van der Waals surface area (Å²) in [6, 6.07) is 5.86. The summed E-state index contributed by atoms with van der Waals surface area (Å²) in [4.78, 5) is 23.5. The second-order valence-corrected chi connectivity index (χ2v) is 11.1. The Balaban J connectivity index is 1.43. The Kier molecular flexibility index (Phi) is 4.93. The number of para-hydroxylation sites is 1. The number of nitro benzene ring substituents is 1. The zero-order valence-corrected chi connectivity index (χ0v) is 17.4. The molecule has 0 spiro atoms. The van der Waals surface area contributed by atoms with Crippen LogP contribution in [0.1, 0.15) is 45.1 Å². The standard InChI is InChI=1S/C20H27N3O5S/c1-20(2,19(24)21-18-15-8-12-7-14(10-15)16(18)9-12)22-29(27,28)11-13-5-3-4-6-17(13)23(25)26/h3-6,12,14-16,18,22H,7-11H2,1-2H3,(H,21,24). The van der Waals surface area contributed by atoms with E-state index in [9.17, 15) is 23.3 Å². The van der Waals surface area contributed by atoms with Crippen LogP contribution in [-0.4, -0.2) is 30.8 Å². The van der Waals surface area contributed by atoms with Gasteiger partial charge in [-0.15, -0.1) is 0 Å². The van der Waals surface area contributed by atoms with E-state index in [1.807, 2.05) is 0 Å². The third-order valence-electron chi connectivity index (χ3n) is 6.87. The van der Waals surface area contributed by atoms with E-state index in [4.69, 9.17) is 0 Å². The van der Waals surface area contributed by atoms with E-state index in [0.717, 1.165) is 25.2 Å². The molecule has 4 saturated carbocycles. The largest absolute Gasteiger partial charge is 0.351 e. The maximum Gasteiger partial charge on any atom is 0.273 e. The fourth-order valence-electron chi connectivity index (χ4n) is 5.78. The van der Waals surface area contributed by atoms with Gasteiger partial charge in [-0.3, -0.25) is 14.9 Å². The number of hydrogen-bond acceptors (Lipinski definition) is 5.